The van der Waals surface area contributed by atoms with Crippen LogP contribution < -0.4 is 5.73 Å². The van der Waals surface area contributed by atoms with Gasteiger partial charge in [0.05, 0.1) is 12.6 Å². The lowest BCUT2D eigenvalue weighted by atomic mass is 9.78. The number of phenols is 1. The monoisotopic (exact) mass is 339 g/mol. The molecule has 0 spiro atoms. The van der Waals surface area contributed by atoms with Crippen molar-refractivity contribution < 1.29 is 19.0 Å². The van der Waals surface area contributed by atoms with E-state index in [2.05, 4.69) is 0 Å². The maximum Gasteiger partial charge on any atom is 0.342 e. The molecule has 1 unspecified atom stereocenters. The van der Waals surface area contributed by atoms with Gasteiger partial charge in [-0.25, -0.2) is 9.18 Å². The molecule has 0 aromatic heterocycles. The number of aromatic hydroxyl groups is 1. The number of alkyl halides is 1. The van der Waals surface area contributed by atoms with E-state index in [0.29, 0.717) is 5.56 Å². The molecule has 1 aromatic rings. The number of hydrogen-bond acceptors (Lipinski definition) is 4. The third-order valence-electron chi connectivity index (χ3n) is 4.00. The number of rotatable bonds is 4. The fourth-order valence-electron chi connectivity index (χ4n) is 2.44. The van der Waals surface area contributed by atoms with Crippen LogP contribution in [0.4, 0.5) is 4.39 Å². The maximum atomic E-state index is 14.4. The molecule has 1 rings (SSSR count). The van der Waals surface area contributed by atoms with Gasteiger partial charge in [-0.15, -0.1) is 0 Å². The number of carbonyl (C=O) groups is 1. The molecule has 0 aliphatic carbocycles. The van der Waals surface area contributed by atoms with E-state index in [1.54, 1.807) is 13.0 Å². The Bertz CT molecular complexity index is 600. The molecule has 5 heteroatoms. The largest absolute Gasteiger partial charge is 0.507 e. The van der Waals surface area contributed by atoms with Crippen molar-refractivity contribution in [1.82, 2.24) is 0 Å². The molecule has 0 amide bonds. The zero-order chi connectivity index (χ0) is 18.9. The number of nitrogens with two attached hydrogens (primary N) is 1. The molecular weight excluding hydrogens is 309 g/mol. The Hall–Kier alpha value is -1.62. The van der Waals surface area contributed by atoms with Crippen LogP contribution in [0.3, 0.4) is 0 Å². The van der Waals surface area contributed by atoms with Gasteiger partial charge in [-0.05, 0) is 34.9 Å². The molecule has 0 bridgehead atoms. The molecule has 136 valence electrons. The summed E-state index contributed by atoms with van der Waals surface area (Å²) in [7, 11) is 0. The van der Waals surface area contributed by atoms with Gasteiger partial charge in [-0.1, -0.05) is 47.6 Å². The van der Waals surface area contributed by atoms with Gasteiger partial charge >= 0.3 is 5.97 Å². The Kier molecular flexibility index (Phi) is 6.04. The first kappa shape index (κ1) is 20.4. The Balaban J connectivity index is 3.49. The highest BCUT2D eigenvalue weighted by atomic mass is 19.1. The highest BCUT2D eigenvalue weighted by Gasteiger charge is 2.33. The van der Waals surface area contributed by atoms with Crippen LogP contribution >= 0.6 is 0 Å². The normalized spacial score (nSPS) is 15.0. The van der Waals surface area contributed by atoms with E-state index < -0.39 is 18.2 Å². The Labute approximate surface area is 144 Å². The fourth-order valence-corrected chi connectivity index (χ4v) is 2.44. The predicted molar refractivity (Wildman–Crippen MR) is 94.0 cm³/mol. The van der Waals surface area contributed by atoms with Crippen LogP contribution in [0.5, 0.6) is 5.75 Å². The lowest BCUT2D eigenvalue weighted by Gasteiger charge is -2.29. The van der Waals surface area contributed by atoms with E-state index in [9.17, 15) is 14.3 Å². The Morgan fingerprint density at radius 1 is 1.21 bits per heavy atom. The number of halogens is 1. The second-order valence-electron chi connectivity index (χ2n) is 8.14. The molecule has 2 atom stereocenters. The summed E-state index contributed by atoms with van der Waals surface area (Å²) < 4.78 is 19.1. The van der Waals surface area contributed by atoms with Crippen molar-refractivity contribution in [1.29, 1.82) is 0 Å². The molecule has 0 radical (unpaired) electrons. The average molecular weight is 339 g/mol. The Morgan fingerprint density at radius 3 is 2.17 bits per heavy atom. The number of carbonyl (C=O) groups excluding carboxylic acids is 1. The quantitative estimate of drug-likeness (QED) is 0.816. The van der Waals surface area contributed by atoms with Gasteiger partial charge in [0, 0.05) is 5.56 Å². The zero-order valence-electron chi connectivity index (χ0n) is 15.7. The van der Waals surface area contributed by atoms with Crippen LogP contribution in [0, 0.1) is 0 Å². The van der Waals surface area contributed by atoms with Gasteiger partial charge in [0.2, 0.25) is 6.17 Å². The molecule has 0 fully saturated rings. The van der Waals surface area contributed by atoms with Gasteiger partial charge < -0.3 is 15.6 Å². The van der Waals surface area contributed by atoms with Gasteiger partial charge in [-0.2, -0.15) is 0 Å². The fraction of sp³-hybridized carbons (Fsp3) is 0.632. The minimum Gasteiger partial charge on any atom is -0.507 e. The highest BCUT2D eigenvalue weighted by molar-refractivity contribution is 5.76. The molecule has 4 nitrogen and oxygen atoms in total. The summed E-state index contributed by atoms with van der Waals surface area (Å²) in [5.74, 6) is -1.07. The molecule has 1 aromatic carbocycles. The SMILES string of the molecule is CCOC(=O)C(F)[C@H](N)c1cc(C(C)(C)C)cc(C(C)(C)C)c1O. The summed E-state index contributed by atoms with van der Waals surface area (Å²) in [6.45, 7) is 13.6. The number of hydrogen-bond donors (Lipinski definition) is 2. The van der Waals surface area contributed by atoms with Crippen LogP contribution in [0.25, 0.3) is 0 Å². The minimum atomic E-state index is -2.03. The topological polar surface area (TPSA) is 72.5 Å². The lowest BCUT2D eigenvalue weighted by Crippen LogP contribution is -2.32. The van der Waals surface area contributed by atoms with Crippen LogP contribution in [-0.2, 0) is 20.4 Å². The molecule has 0 saturated carbocycles. The van der Waals surface area contributed by atoms with Gasteiger partial charge in [0.15, 0.2) is 0 Å². The molecule has 24 heavy (non-hydrogen) atoms. The van der Waals surface area contributed by atoms with E-state index in [1.165, 1.54) is 0 Å². The standard InChI is InChI=1S/C19H30FNO3/c1-8-24-17(23)14(20)15(21)12-9-11(18(2,3)4)10-13(16(12)22)19(5,6)7/h9-10,14-15,22H,8,21H2,1-7H3/t14?,15-/m1/s1. The van der Waals surface area contributed by atoms with E-state index in [-0.39, 0.29) is 28.7 Å². The van der Waals surface area contributed by atoms with Crippen molar-refractivity contribution in [3.8, 4) is 5.75 Å². The van der Waals surface area contributed by atoms with E-state index in [0.717, 1.165) is 5.56 Å². The second kappa shape index (κ2) is 7.09. The average Bonchev–Trinajstić information content (AvgIpc) is 2.43. The van der Waals surface area contributed by atoms with Crippen molar-refractivity contribution in [2.75, 3.05) is 6.61 Å². The number of ether oxygens (including phenoxy) is 1. The van der Waals surface area contributed by atoms with E-state index in [4.69, 9.17) is 10.5 Å². The number of phenolic OH excluding ortho intramolecular Hbond substituents is 1. The van der Waals surface area contributed by atoms with Gasteiger partial charge in [0.1, 0.15) is 5.75 Å². The highest BCUT2D eigenvalue weighted by Crippen LogP contribution is 2.40. The number of esters is 1. The van der Waals surface area contributed by atoms with Crippen molar-refractivity contribution in [2.45, 2.75) is 71.5 Å². The van der Waals surface area contributed by atoms with E-state index in [1.807, 2.05) is 47.6 Å². The molecular formula is C19H30FNO3. The first-order chi connectivity index (χ1) is 10.8. The Morgan fingerprint density at radius 2 is 1.75 bits per heavy atom. The third-order valence-corrected chi connectivity index (χ3v) is 4.00. The van der Waals surface area contributed by atoms with Crippen LogP contribution in [0.1, 0.15) is 71.2 Å². The first-order valence-corrected chi connectivity index (χ1v) is 8.24. The zero-order valence-corrected chi connectivity index (χ0v) is 15.7. The van der Waals surface area contributed by atoms with Gasteiger partial charge in [0.25, 0.3) is 0 Å². The van der Waals surface area contributed by atoms with Crippen molar-refractivity contribution in [2.24, 2.45) is 5.73 Å². The van der Waals surface area contributed by atoms with Crippen molar-refractivity contribution in [3.05, 3.63) is 28.8 Å². The molecule has 0 aliphatic heterocycles. The summed E-state index contributed by atoms with van der Waals surface area (Å²) in [6, 6.07) is 2.32. The third kappa shape index (κ3) is 4.47. The van der Waals surface area contributed by atoms with E-state index >= 15 is 0 Å². The van der Waals surface area contributed by atoms with Gasteiger partial charge in [-0.3, -0.25) is 0 Å². The van der Waals surface area contributed by atoms with Crippen LogP contribution in [0.15, 0.2) is 12.1 Å². The molecule has 3 N–H and O–H groups in total. The summed E-state index contributed by atoms with van der Waals surface area (Å²) in [5, 5.41) is 10.6. The molecule has 0 aliphatic rings. The minimum absolute atomic E-state index is 0.0602. The summed E-state index contributed by atoms with van der Waals surface area (Å²) in [6.07, 6.45) is -2.03. The van der Waals surface area contributed by atoms with Crippen molar-refractivity contribution >= 4 is 5.97 Å². The number of benzene rings is 1. The van der Waals surface area contributed by atoms with Crippen molar-refractivity contribution in [3.63, 3.8) is 0 Å². The first-order valence-electron chi connectivity index (χ1n) is 8.24. The second-order valence-corrected chi connectivity index (χ2v) is 8.14. The van der Waals surface area contributed by atoms with Crippen LogP contribution in [0.2, 0.25) is 0 Å². The molecule has 0 heterocycles. The summed E-state index contributed by atoms with van der Waals surface area (Å²) >= 11 is 0. The molecule has 0 saturated heterocycles. The summed E-state index contributed by atoms with van der Waals surface area (Å²) in [5.41, 5.74) is 7.23. The lowest BCUT2D eigenvalue weighted by molar-refractivity contribution is -0.149. The van der Waals surface area contributed by atoms with Crippen LogP contribution in [-0.4, -0.2) is 23.9 Å². The predicted octanol–water partition coefficient (Wildman–Crippen LogP) is 3.89. The summed E-state index contributed by atoms with van der Waals surface area (Å²) in [4.78, 5) is 11.7. The smallest absolute Gasteiger partial charge is 0.342 e. The maximum absolute atomic E-state index is 14.4.